The Hall–Kier alpha value is -2.35. The number of rotatable bonds is 6. The van der Waals surface area contributed by atoms with Gasteiger partial charge in [-0.25, -0.2) is 4.79 Å². The van der Waals surface area contributed by atoms with E-state index in [1.807, 2.05) is 4.90 Å². The zero-order valence-corrected chi connectivity index (χ0v) is 18.6. The Balaban J connectivity index is 1.25. The van der Waals surface area contributed by atoms with Gasteiger partial charge in [-0.15, -0.1) is 0 Å². The molecule has 0 radical (unpaired) electrons. The average molecular weight is 462 g/mol. The van der Waals surface area contributed by atoms with Crippen molar-refractivity contribution in [3.63, 3.8) is 0 Å². The second-order valence-corrected chi connectivity index (χ2v) is 8.81. The summed E-state index contributed by atoms with van der Waals surface area (Å²) in [6.45, 7) is 4.75. The maximum atomic E-state index is 12.7. The summed E-state index contributed by atoms with van der Waals surface area (Å²) in [4.78, 5) is 33.5. The summed E-state index contributed by atoms with van der Waals surface area (Å²) in [5.41, 5.74) is 1.57. The summed E-state index contributed by atoms with van der Waals surface area (Å²) in [7, 11) is 0. The number of urea groups is 1. The number of hydrogen-bond acceptors (Lipinski definition) is 4. The van der Waals surface area contributed by atoms with E-state index in [-0.39, 0.29) is 12.5 Å². The molecule has 1 aliphatic carbocycles. The molecule has 9 heteroatoms. The fourth-order valence-electron chi connectivity index (χ4n) is 3.57. The van der Waals surface area contributed by atoms with Crippen LogP contribution in [0.3, 0.4) is 0 Å². The minimum absolute atomic E-state index is 0.0447. The number of nitrogens with zero attached hydrogens (tertiary/aromatic N) is 3. The first-order valence-corrected chi connectivity index (χ1v) is 11.2. The number of hydrogen-bond donors (Lipinski definition) is 2. The van der Waals surface area contributed by atoms with Gasteiger partial charge in [0, 0.05) is 45.5 Å². The number of para-hydroxylation sites is 1. The van der Waals surface area contributed by atoms with E-state index in [0.29, 0.717) is 21.4 Å². The number of nitrogens with one attached hydrogen (secondary N) is 2. The van der Waals surface area contributed by atoms with Crippen LogP contribution >= 0.6 is 23.2 Å². The smallest absolute Gasteiger partial charge is 0.319 e. The van der Waals surface area contributed by atoms with Crippen LogP contribution in [0, 0.1) is 5.92 Å². The molecule has 0 spiro atoms. The molecule has 2 aromatic rings. The highest BCUT2D eigenvalue weighted by Gasteiger charge is 2.28. The van der Waals surface area contributed by atoms with Crippen molar-refractivity contribution in [1.82, 2.24) is 20.1 Å². The first-order valence-electron chi connectivity index (χ1n) is 10.4. The fourth-order valence-corrected chi connectivity index (χ4v) is 4.07. The molecule has 3 amide bonds. The molecule has 1 saturated carbocycles. The van der Waals surface area contributed by atoms with E-state index in [9.17, 15) is 9.59 Å². The lowest BCUT2D eigenvalue weighted by atomic mass is 10.2. The first-order chi connectivity index (χ1) is 15.0. The summed E-state index contributed by atoms with van der Waals surface area (Å²) in [5.74, 6) is 0.825. The average Bonchev–Trinajstić information content (AvgIpc) is 3.59. The molecule has 2 N–H and O–H groups in total. The van der Waals surface area contributed by atoms with Crippen molar-refractivity contribution in [2.45, 2.75) is 19.4 Å². The highest BCUT2D eigenvalue weighted by Crippen LogP contribution is 2.30. The molecule has 0 bridgehead atoms. The van der Waals surface area contributed by atoms with Crippen LogP contribution in [0.4, 0.5) is 10.5 Å². The third-order valence-electron chi connectivity index (χ3n) is 5.57. The lowest BCUT2D eigenvalue weighted by Gasteiger charge is -2.34. The lowest BCUT2D eigenvalue weighted by Crippen LogP contribution is -2.49. The van der Waals surface area contributed by atoms with Gasteiger partial charge in [-0.3, -0.25) is 14.7 Å². The van der Waals surface area contributed by atoms with Crippen molar-refractivity contribution in [2.75, 3.05) is 38.0 Å². The zero-order valence-electron chi connectivity index (χ0n) is 17.1. The van der Waals surface area contributed by atoms with Gasteiger partial charge < -0.3 is 15.5 Å². The van der Waals surface area contributed by atoms with Crippen molar-refractivity contribution in [2.24, 2.45) is 5.92 Å². The van der Waals surface area contributed by atoms with E-state index < -0.39 is 6.03 Å². The number of carbonyl (C=O) groups is 2. The summed E-state index contributed by atoms with van der Waals surface area (Å²) < 4.78 is 0. The summed E-state index contributed by atoms with van der Waals surface area (Å²) in [6.07, 6.45) is 4.30. The Bertz CT molecular complexity index is 921. The largest absolute Gasteiger partial charge is 0.335 e. The maximum Gasteiger partial charge on any atom is 0.319 e. The van der Waals surface area contributed by atoms with Crippen LogP contribution in [0.15, 0.2) is 36.5 Å². The predicted molar refractivity (Wildman–Crippen MR) is 122 cm³/mol. The van der Waals surface area contributed by atoms with Crippen LogP contribution in [0.25, 0.3) is 0 Å². The van der Waals surface area contributed by atoms with Gasteiger partial charge in [0.15, 0.2) is 0 Å². The van der Waals surface area contributed by atoms with Gasteiger partial charge >= 0.3 is 6.03 Å². The van der Waals surface area contributed by atoms with Crippen molar-refractivity contribution in [3.05, 3.63) is 57.8 Å². The normalized spacial score (nSPS) is 16.8. The SMILES string of the molecule is O=C(NCc1ccc(C(=O)N2CCN(CC3CC3)CC2)nc1)Nc1c(Cl)cccc1Cl. The lowest BCUT2D eigenvalue weighted by molar-refractivity contribution is 0.0626. The summed E-state index contributed by atoms with van der Waals surface area (Å²) in [6, 6.07) is 8.08. The Kier molecular flexibility index (Phi) is 6.95. The molecule has 1 aliphatic heterocycles. The second-order valence-electron chi connectivity index (χ2n) is 7.99. The van der Waals surface area contributed by atoms with Crippen LogP contribution in [0.5, 0.6) is 0 Å². The molecular formula is C22H25Cl2N5O2. The Morgan fingerprint density at radius 1 is 1.03 bits per heavy atom. The molecule has 31 heavy (non-hydrogen) atoms. The minimum Gasteiger partial charge on any atom is -0.335 e. The number of piperazine rings is 1. The van der Waals surface area contributed by atoms with Crippen molar-refractivity contribution < 1.29 is 9.59 Å². The first kappa shape index (κ1) is 21.9. The fraction of sp³-hybridized carbons (Fsp3) is 0.409. The molecule has 1 aromatic carbocycles. The van der Waals surface area contributed by atoms with Crippen molar-refractivity contribution in [1.29, 1.82) is 0 Å². The third-order valence-corrected chi connectivity index (χ3v) is 6.20. The molecular weight excluding hydrogens is 437 g/mol. The van der Waals surface area contributed by atoms with Gasteiger partial charge in [-0.2, -0.15) is 0 Å². The van der Waals surface area contributed by atoms with Crippen molar-refractivity contribution in [3.8, 4) is 0 Å². The Morgan fingerprint density at radius 3 is 2.35 bits per heavy atom. The summed E-state index contributed by atoms with van der Waals surface area (Å²) >= 11 is 12.1. The van der Waals surface area contributed by atoms with Crippen LogP contribution < -0.4 is 10.6 Å². The number of anilines is 1. The Morgan fingerprint density at radius 2 is 1.74 bits per heavy atom. The number of aromatic nitrogens is 1. The molecule has 1 saturated heterocycles. The van der Waals surface area contributed by atoms with Gasteiger partial charge in [-0.1, -0.05) is 35.3 Å². The second kappa shape index (κ2) is 9.85. The van der Waals surface area contributed by atoms with Gasteiger partial charge in [0.2, 0.25) is 0 Å². The van der Waals surface area contributed by atoms with E-state index in [1.165, 1.54) is 12.8 Å². The highest BCUT2D eigenvalue weighted by molar-refractivity contribution is 6.39. The van der Waals surface area contributed by atoms with Crippen LogP contribution in [-0.2, 0) is 6.54 Å². The molecule has 7 nitrogen and oxygen atoms in total. The minimum atomic E-state index is -0.431. The third kappa shape index (κ3) is 5.87. The number of benzene rings is 1. The van der Waals surface area contributed by atoms with E-state index in [2.05, 4.69) is 20.5 Å². The zero-order chi connectivity index (χ0) is 21.8. The maximum absolute atomic E-state index is 12.7. The number of pyridine rings is 1. The molecule has 0 unspecified atom stereocenters. The number of amides is 3. The van der Waals surface area contributed by atoms with Crippen LogP contribution in [-0.4, -0.2) is 59.4 Å². The number of carbonyl (C=O) groups excluding carboxylic acids is 2. The van der Waals surface area contributed by atoms with E-state index in [1.54, 1.807) is 36.5 Å². The van der Waals surface area contributed by atoms with Gasteiger partial charge in [0.05, 0.1) is 15.7 Å². The van der Waals surface area contributed by atoms with Crippen LogP contribution in [0.2, 0.25) is 10.0 Å². The molecule has 1 aromatic heterocycles. The van der Waals surface area contributed by atoms with Gasteiger partial charge in [-0.05, 0) is 42.5 Å². The number of halogens is 2. The van der Waals surface area contributed by atoms with E-state index in [4.69, 9.17) is 23.2 Å². The predicted octanol–water partition coefficient (Wildman–Crippen LogP) is 3.88. The van der Waals surface area contributed by atoms with Gasteiger partial charge in [0.1, 0.15) is 5.69 Å². The van der Waals surface area contributed by atoms with E-state index in [0.717, 1.165) is 44.2 Å². The van der Waals surface area contributed by atoms with Crippen LogP contribution in [0.1, 0.15) is 28.9 Å². The molecule has 4 rings (SSSR count). The topological polar surface area (TPSA) is 77.6 Å². The van der Waals surface area contributed by atoms with Crippen molar-refractivity contribution >= 4 is 40.8 Å². The molecule has 164 valence electrons. The molecule has 2 fully saturated rings. The molecule has 0 atom stereocenters. The quantitative estimate of drug-likeness (QED) is 0.683. The van der Waals surface area contributed by atoms with E-state index >= 15 is 0 Å². The van der Waals surface area contributed by atoms with Gasteiger partial charge in [0.25, 0.3) is 5.91 Å². The molecule has 2 heterocycles. The highest BCUT2D eigenvalue weighted by atomic mass is 35.5. The molecule has 2 aliphatic rings. The Labute approximate surface area is 191 Å². The monoisotopic (exact) mass is 461 g/mol. The summed E-state index contributed by atoms with van der Waals surface area (Å²) in [5, 5.41) is 6.10. The standard InChI is InChI=1S/C22H25Cl2N5O2/c23-17-2-1-3-18(24)20(17)27-22(31)26-13-16-6-7-19(25-12-16)21(30)29-10-8-28(9-11-29)14-15-4-5-15/h1-3,6-7,12,15H,4-5,8-11,13-14H2,(H2,26,27,31).